The van der Waals surface area contributed by atoms with E-state index in [1.807, 2.05) is 0 Å². The maximum absolute atomic E-state index is 12.9. The van der Waals surface area contributed by atoms with Crippen LogP contribution in [0.4, 0.5) is 0 Å². The molecule has 2 aliphatic heterocycles. The van der Waals surface area contributed by atoms with Gasteiger partial charge in [-0.05, 0) is 19.4 Å². The van der Waals surface area contributed by atoms with E-state index in [-0.39, 0.29) is 26.0 Å². The van der Waals surface area contributed by atoms with Crippen LogP contribution in [0.15, 0.2) is 0 Å². The topological polar surface area (TPSA) is 344 Å². The van der Waals surface area contributed by atoms with Gasteiger partial charge in [0, 0.05) is 31.7 Å². The van der Waals surface area contributed by atoms with Crippen LogP contribution >= 0.6 is 0 Å². The van der Waals surface area contributed by atoms with Crippen molar-refractivity contribution < 1.29 is 64.6 Å². The number of nitrogens with two attached hydrogens (primary N) is 4. The Balaban J connectivity index is 1.53. The van der Waals surface area contributed by atoms with Crippen molar-refractivity contribution in [2.75, 3.05) is 26.3 Å². The van der Waals surface area contributed by atoms with E-state index in [1.54, 1.807) is 0 Å². The first-order chi connectivity index (χ1) is 20.7. The quantitative estimate of drug-likeness (QED) is 0.0880. The van der Waals surface area contributed by atoms with Crippen LogP contribution in [-0.4, -0.2) is 176 Å². The molecule has 0 aromatic rings. The van der Waals surface area contributed by atoms with Crippen LogP contribution in [0.1, 0.15) is 19.3 Å². The number of aliphatic hydroxyl groups excluding tert-OH is 7. The fourth-order valence-corrected chi connectivity index (χ4v) is 5.80. The van der Waals surface area contributed by atoms with Gasteiger partial charge in [-0.1, -0.05) is 0 Å². The summed E-state index contributed by atoms with van der Waals surface area (Å²) in [7, 11) is 0. The summed E-state index contributed by atoms with van der Waals surface area (Å²) in [5.74, 6) is -0.834. The molecule has 2 heterocycles. The smallest absolute Gasteiger partial charge is 0.253 e. The minimum atomic E-state index is -1.83. The zero-order valence-electron chi connectivity index (χ0n) is 24.1. The van der Waals surface area contributed by atoms with Crippen LogP contribution in [-0.2, 0) is 23.7 Å². The van der Waals surface area contributed by atoms with Gasteiger partial charge in [-0.15, -0.1) is 0 Å². The number of amides is 1. The van der Waals surface area contributed by atoms with E-state index in [2.05, 4.69) is 10.6 Å². The molecule has 2 saturated carbocycles. The molecule has 44 heavy (non-hydrogen) atoms. The molecule has 19 heteroatoms. The summed E-state index contributed by atoms with van der Waals surface area (Å²) in [4.78, 5) is 12.9. The van der Waals surface area contributed by atoms with E-state index in [1.165, 1.54) is 0 Å². The second-order valence-electron chi connectivity index (χ2n) is 12.1. The maximum Gasteiger partial charge on any atom is 0.253 e. The van der Waals surface area contributed by atoms with Crippen LogP contribution in [0.3, 0.4) is 0 Å². The monoisotopic (exact) mass is 640 g/mol. The van der Waals surface area contributed by atoms with E-state index in [4.69, 9.17) is 47.0 Å². The van der Waals surface area contributed by atoms with Gasteiger partial charge in [-0.25, -0.2) is 0 Å². The average molecular weight is 641 g/mol. The summed E-state index contributed by atoms with van der Waals surface area (Å²) in [6.07, 6.45) is -15.2. The lowest BCUT2D eigenvalue weighted by atomic mass is 9.83. The first kappa shape index (κ1) is 35.6. The second kappa shape index (κ2) is 14.7. The number of rotatable bonds is 12. The van der Waals surface area contributed by atoms with Crippen LogP contribution in [0.2, 0.25) is 0 Å². The van der Waals surface area contributed by atoms with Gasteiger partial charge >= 0.3 is 0 Å². The number of carbonyl (C=O) groups excluding carboxylic acids is 1. The second-order valence-corrected chi connectivity index (χ2v) is 12.1. The Morgan fingerprint density at radius 1 is 0.841 bits per heavy atom. The third kappa shape index (κ3) is 7.34. The average Bonchev–Trinajstić information content (AvgIpc) is 3.62. The van der Waals surface area contributed by atoms with Gasteiger partial charge in [0.05, 0.1) is 24.7 Å². The zero-order valence-corrected chi connectivity index (χ0v) is 24.1. The Hall–Kier alpha value is -1.21. The van der Waals surface area contributed by atoms with Crippen molar-refractivity contribution in [3.05, 3.63) is 0 Å². The Bertz CT molecular complexity index is 958. The van der Waals surface area contributed by atoms with Gasteiger partial charge in [-0.2, -0.15) is 0 Å². The highest BCUT2D eigenvalue weighted by molar-refractivity contribution is 5.89. The molecule has 0 radical (unpaired) electrons. The van der Waals surface area contributed by atoms with E-state index in [0.29, 0.717) is 13.0 Å². The number of hydrogen-bond donors (Lipinski definition) is 14. The zero-order chi connectivity index (χ0) is 32.5. The predicted molar refractivity (Wildman–Crippen MR) is 147 cm³/mol. The summed E-state index contributed by atoms with van der Waals surface area (Å²) in [6, 6.07) is -5.47. The van der Waals surface area contributed by atoms with Crippen LogP contribution in [0.25, 0.3) is 0 Å². The minimum Gasteiger partial charge on any atom is -0.396 e. The Morgan fingerprint density at radius 3 is 2.09 bits per heavy atom. The van der Waals surface area contributed by atoms with Crippen molar-refractivity contribution in [3.63, 3.8) is 0 Å². The fraction of sp³-hybridized carbons (Fsp3) is 0.960. The lowest BCUT2D eigenvalue weighted by Crippen LogP contribution is -2.70. The first-order valence-corrected chi connectivity index (χ1v) is 14.7. The lowest BCUT2D eigenvalue weighted by Gasteiger charge is -2.49. The normalized spacial score (nSPS) is 49.5. The van der Waals surface area contributed by atoms with Crippen molar-refractivity contribution in [1.29, 1.82) is 0 Å². The molecular weight excluding hydrogens is 592 g/mol. The van der Waals surface area contributed by atoms with Crippen LogP contribution in [0.5, 0.6) is 0 Å². The van der Waals surface area contributed by atoms with Crippen molar-refractivity contribution in [2.24, 2.45) is 22.9 Å². The summed E-state index contributed by atoms with van der Waals surface area (Å²) in [5.41, 5.74) is 22.3. The van der Waals surface area contributed by atoms with E-state index < -0.39 is 116 Å². The Morgan fingerprint density at radius 2 is 1.48 bits per heavy atom. The number of nitrogens with one attached hydrogen (secondary N) is 2. The molecule has 1 amide bonds. The number of ether oxygens (including phenoxy) is 4. The van der Waals surface area contributed by atoms with Gasteiger partial charge in [0.25, 0.3) is 5.91 Å². The molecule has 4 aliphatic rings. The molecule has 17 atom stereocenters. The fourth-order valence-electron chi connectivity index (χ4n) is 5.80. The standard InChI is InChI=1S/C25H48N6O13/c26-8-4-9(31-24(39)25(40)5-12(25)27)21(44-23-18(37)13(28)15(34)11(7-33)42-23)19(38)20(8)43-22-14(29)17(36)16(35)10(41-22)6-30-2-1-3-32/h8-23,30,32-38,40H,1-7,26-29H2,(H,31,39)/t8-,9+,10+,11+,12?,13-,14+,15+,16+,17+,18+,19-,20+,21-,22+,23+,25?/m0/s1. The molecule has 4 fully saturated rings. The highest BCUT2D eigenvalue weighted by Crippen LogP contribution is 2.36. The van der Waals surface area contributed by atoms with Gasteiger partial charge in [0.2, 0.25) is 0 Å². The maximum atomic E-state index is 12.9. The summed E-state index contributed by atoms with van der Waals surface area (Å²) < 4.78 is 23.3. The van der Waals surface area contributed by atoms with E-state index in [9.17, 15) is 40.5 Å². The SMILES string of the molecule is NC1CC1(O)C(=O)N[C@@H]1C[C@H](N)[C@@H](O[C@H]2O[C@H](CNCCCO)[C@@H](O)[C@H](O)[C@H]2N)[C@H](O)[C@H]1O[C@H]1O[C@H](CO)[C@@H](O)[C@H](N)[C@H]1O. The lowest BCUT2D eigenvalue weighted by molar-refractivity contribution is -0.320. The molecular formula is C25H48N6O13. The summed E-state index contributed by atoms with van der Waals surface area (Å²) >= 11 is 0. The molecule has 0 aromatic heterocycles. The molecule has 256 valence electrons. The summed E-state index contributed by atoms with van der Waals surface area (Å²) in [5, 5.41) is 88.1. The predicted octanol–water partition coefficient (Wildman–Crippen LogP) is -8.69. The van der Waals surface area contributed by atoms with Crippen LogP contribution in [0, 0.1) is 0 Å². The molecule has 4 rings (SSSR count). The molecule has 2 unspecified atom stereocenters. The number of hydrogen-bond acceptors (Lipinski definition) is 18. The molecule has 0 bridgehead atoms. The Labute approximate surface area is 253 Å². The molecule has 2 saturated heterocycles. The molecule has 0 spiro atoms. The number of carbonyl (C=O) groups is 1. The van der Waals surface area contributed by atoms with Crippen molar-refractivity contribution in [1.82, 2.24) is 10.6 Å². The van der Waals surface area contributed by atoms with Crippen molar-refractivity contribution in [3.8, 4) is 0 Å². The van der Waals surface area contributed by atoms with Gasteiger partial charge in [0.15, 0.2) is 18.2 Å². The molecule has 0 aromatic carbocycles. The third-order valence-corrected chi connectivity index (χ3v) is 8.84. The largest absolute Gasteiger partial charge is 0.396 e. The van der Waals surface area contributed by atoms with E-state index >= 15 is 0 Å². The minimum absolute atomic E-state index is 0.00784. The van der Waals surface area contributed by atoms with Crippen molar-refractivity contribution >= 4 is 5.91 Å². The summed E-state index contributed by atoms with van der Waals surface area (Å²) in [6.45, 7) is -0.242. The molecule has 18 N–H and O–H groups in total. The van der Waals surface area contributed by atoms with Crippen LogP contribution < -0.4 is 33.6 Å². The van der Waals surface area contributed by atoms with Gasteiger partial charge in [-0.3, -0.25) is 4.79 Å². The van der Waals surface area contributed by atoms with E-state index in [0.717, 1.165) is 0 Å². The molecule has 2 aliphatic carbocycles. The highest BCUT2D eigenvalue weighted by atomic mass is 16.7. The Kier molecular flexibility index (Phi) is 11.9. The van der Waals surface area contributed by atoms with Gasteiger partial charge < -0.3 is 93.4 Å². The molecule has 19 nitrogen and oxygen atoms in total. The number of aliphatic hydroxyl groups is 8. The third-order valence-electron chi connectivity index (χ3n) is 8.84. The highest BCUT2D eigenvalue weighted by Gasteiger charge is 2.59. The first-order valence-electron chi connectivity index (χ1n) is 14.7. The van der Waals surface area contributed by atoms with Crippen molar-refractivity contribution in [2.45, 2.75) is 123 Å². The van der Waals surface area contributed by atoms with Gasteiger partial charge in [0.1, 0.15) is 54.9 Å².